The molecule has 0 saturated carbocycles. The lowest BCUT2D eigenvalue weighted by molar-refractivity contribution is 0.297. The Bertz CT molecular complexity index is 516. The lowest BCUT2D eigenvalue weighted by Crippen LogP contribution is -1.99. The van der Waals surface area contributed by atoms with Crippen molar-refractivity contribution in [3.63, 3.8) is 0 Å². The Hall–Kier alpha value is -1.82. The summed E-state index contributed by atoms with van der Waals surface area (Å²) in [5.41, 5.74) is 1.15. The van der Waals surface area contributed by atoms with E-state index in [1.165, 1.54) is 11.5 Å². The summed E-state index contributed by atoms with van der Waals surface area (Å²) in [5.74, 6) is 1.66. The van der Waals surface area contributed by atoms with Gasteiger partial charge in [-0.15, -0.1) is 5.10 Å². The largest absolute Gasteiger partial charge is 0.490 e. The Morgan fingerprint density at radius 2 is 2.11 bits per heavy atom. The van der Waals surface area contributed by atoms with Crippen LogP contribution in [0.3, 0.4) is 0 Å². The third-order valence-electron chi connectivity index (χ3n) is 2.64. The summed E-state index contributed by atoms with van der Waals surface area (Å²) in [6, 6.07) is 6.01. The molecular formula is C12H13N3O2S. The smallest absolute Gasteiger partial charge is 0.161 e. The molecule has 0 spiro atoms. The number of fused-ring (bicyclic) bond motifs is 1. The fraction of sp³-hybridized carbons (Fsp3) is 0.333. The van der Waals surface area contributed by atoms with Crippen molar-refractivity contribution < 1.29 is 9.47 Å². The molecular weight excluding hydrogens is 250 g/mol. The highest BCUT2D eigenvalue weighted by Crippen LogP contribution is 2.30. The van der Waals surface area contributed by atoms with Crippen LogP contribution in [0, 0.1) is 0 Å². The molecule has 0 saturated heterocycles. The average Bonchev–Trinajstić information content (AvgIpc) is 2.80. The first-order valence-corrected chi connectivity index (χ1v) is 6.59. The Morgan fingerprint density at radius 1 is 1.22 bits per heavy atom. The molecule has 5 nitrogen and oxygen atoms in total. The van der Waals surface area contributed by atoms with Crippen LogP contribution in [-0.4, -0.2) is 22.8 Å². The Balaban J connectivity index is 1.71. The molecule has 0 atom stereocenters. The lowest BCUT2D eigenvalue weighted by atomic mass is 10.2. The first-order chi connectivity index (χ1) is 8.92. The van der Waals surface area contributed by atoms with E-state index in [9.17, 15) is 0 Å². The van der Waals surface area contributed by atoms with E-state index in [0.717, 1.165) is 41.6 Å². The van der Waals surface area contributed by atoms with E-state index in [1.54, 1.807) is 6.20 Å². The van der Waals surface area contributed by atoms with Crippen LogP contribution in [-0.2, 0) is 6.54 Å². The summed E-state index contributed by atoms with van der Waals surface area (Å²) in [6.07, 6.45) is 2.64. The van der Waals surface area contributed by atoms with Crippen molar-refractivity contribution in [3.8, 4) is 11.5 Å². The zero-order valence-corrected chi connectivity index (χ0v) is 10.6. The van der Waals surface area contributed by atoms with Gasteiger partial charge in [0.2, 0.25) is 0 Å². The van der Waals surface area contributed by atoms with E-state index >= 15 is 0 Å². The van der Waals surface area contributed by atoms with Crippen LogP contribution in [0.4, 0.5) is 5.00 Å². The molecule has 1 aliphatic heterocycles. The van der Waals surface area contributed by atoms with Gasteiger partial charge in [-0.25, -0.2) is 0 Å². The lowest BCUT2D eigenvalue weighted by Gasteiger charge is -2.09. The number of hydrogen-bond donors (Lipinski definition) is 1. The van der Waals surface area contributed by atoms with Gasteiger partial charge in [0.05, 0.1) is 19.4 Å². The summed E-state index contributed by atoms with van der Waals surface area (Å²) in [4.78, 5) is 0. The van der Waals surface area contributed by atoms with Gasteiger partial charge < -0.3 is 14.8 Å². The van der Waals surface area contributed by atoms with E-state index < -0.39 is 0 Å². The predicted octanol–water partition coefficient (Wildman–Crippen LogP) is 2.31. The summed E-state index contributed by atoms with van der Waals surface area (Å²) in [5, 5.41) is 8.00. The Kier molecular flexibility index (Phi) is 3.27. The molecule has 0 amide bonds. The quantitative estimate of drug-likeness (QED) is 0.921. The van der Waals surface area contributed by atoms with Gasteiger partial charge in [-0.1, -0.05) is 10.6 Å². The van der Waals surface area contributed by atoms with Gasteiger partial charge in [0.15, 0.2) is 11.5 Å². The average molecular weight is 263 g/mol. The number of anilines is 1. The summed E-state index contributed by atoms with van der Waals surface area (Å²) in [6.45, 7) is 2.15. The molecule has 0 aliphatic carbocycles. The Morgan fingerprint density at radius 3 is 2.94 bits per heavy atom. The molecule has 2 aromatic rings. The fourth-order valence-electron chi connectivity index (χ4n) is 1.75. The van der Waals surface area contributed by atoms with E-state index in [0.29, 0.717) is 6.61 Å². The number of rotatable bonds is 3. The SMILES string of the molecule is c1cc2c(cc1CNc1cnns1)OCCCO2. The number of ether oxygens (including phenoxy) is 2. The summed E-state index contributed by atoms with van der Waals surface area (Å²) >= 11 is 1.35. The second-order valence-corrected chi connectivity index (χ2v) is 4.75. The minimum atomic E-state index is 0.711. The van der Waals surface area contributed by atoms with Gasteiger partial charge in [0.25, 0.3) is 0 Å². The van der Waals surface area contributed by atoms with Crippen LogP contribution >= 0.6 is 11.5 Å². The maximum atomic E-state index is 5.65. The van der Waals surface area contributed by atoms with Crippen molar-refractivity contribution in [3.05, 3.63) is 30.0 Å². The topological polar surface area (TPSA) is 56.3 Å². The van der Waals surface area contributed by atoms with Crippen LogP contribution in [0.5, 0.6) is 11.5 Å². The van der Waals surface area contributed by atoms with Gasteiger partial charge in [-0.3, -0.25) is 0 Å². The van der Waals surface area contributed by atoms with E-state index in [4.69, 9.17) is 9.47 Å². The molecule has 1 aromatic heterocycles. The normalized spacial score (nSPS) is 14.0. The number of nitrogens with zero attached hydrogens (tertiary/aromatic N) is 2. The van der Waals surface area contributed by atoms with Crippen molar-refractivity contribution in [2.75, 3.05) is 18.5 Å². The third kappa shape index (κ3) is 2.53. The number of hydrogen-bond acceptors (Lipinski definition) is 6. The summed E-state index contributed by atoms with van der Waals surface area (Å²) in [7, 11) is 0. The van der Waals surface area contributed by atoms with Crippen LogP contribution in [0.1, 0.15) is 12.0 Å². The highest BCUT2D eigenvalue weighted by molar-refractivity contribution is 7.09. The van der Waals surface area contributed by atoms with E-state index in [2.05, 4.69) is 14.9 Å². The molecule has 1 N–H and O–H groups in total. The van der Waals surface area contributed by atoms with Crippen molar-refractivity contribution >= 4 is 16.5 Å². The molecule has 0 bridgehead atoms. The maximum Gasteiger partial charge on any atom is 0.161 e. The van der Waals surface area contributed by atoms with Crippen molar-refractivity contribution in [2.45, 2.75) is 13.0 Å². The molecule has 1 aromatic carbocycles. The van der Waals surface area contributed by atoms with Crippen molar-refractivity contribution in [2.24, 2.45) is 0 Å². The van der Waals surface area contributed by atoms with Gasteiger partial charge in [0.1, 0.15) is 5.00 Å². The van der Waals surface area contributed by atoms with Crippen molar-refractivity contribution in [1.29, 1.82) is 0 Å². The van der Waals surface area contributed by atoms with Gasteiger partial charge in [-0.05, 0) is 17.7 Å². The second-order valence-electron chi connectivity index (χ2n) is 3.97. The zero-order chi connectivity index (χ0) is 12.2. The molecule has 2 heterocycles. The Labute approximate surface area is 109 Å². The van der Waals surface area contributed by atoms with Crippen LogP contribution in [0.25, 0.3) is 0 Å². The first kappa shape index (κ1) is 11.3. The maximum absolute atomic E-state index is 5.65. The molecule has 18 heavy (non-hydrogen) atoms. The third-order valence-corrected chi connectivity index (χ3v) is 3.26. The van der Waals surface area contributed by atoms with Gasteiger partial charge in [0, 0.05) is 24.5 Å². The van der Waals surface area contributed by atoms with Crippen LogP contribution in [0.2, 0.25) is 0 Å². The second kappa shape index (κ2) is 5.22. The monoisotopic (exact) mass is 263 g/mol. The zero-order valence-electron chi connectivity index (χ0n) is 9.76. The number of nitrogens with one attached hydrogen (secondary N) is 1. The fourth-order valence-corrected chi connectivity index (χ4v) is 2.17. The summed E-state index contributed by atoms with van der Waals surface area (Å²) < 4.78 is 15.0. The molecule has 0 radical (unpaired) electrons. The first-order valence-electron chi connectivity index (χ1n) is 5.81. The number of aromatic nitrogens is 2. The minimum Gasteiger partial charge on any atom is -0.490 e. The van der Waals surface area contributed by atoms with Crippen LogP contribution in [0.15, 0.2) is 24.4 Å². The molecule has 3 rings (SSSR count). The number of benzene rings is 1. The van der Waals surface area contributed by atoms with Crippen molar-refractivity contribution in [1.82, 2.24) is 9.59 Å². The van der Waals surface area contributed by atoms with Gasteiger partial charge >= 0.3 is 0 Å². The standard InChI is InChI=1S/C12H13N3O2S/c1-4-16-10-3-2-9(6-11(10)17-5-1)7-13-12-8-14-15-18-12/h2-3,6,8,13H,1,4-5,7H2. The predicted molar refractivity (Wildman–Crippen MR) is 69.3 cm³/mol. The van der Waals surface area contributed by atoms with E-state index in [1.807, 2.05) is 18.2 Å². The minimum absolute atomic E-state index is 0.711. The van der Waals surface area contributed by atoms with E-state index in [-0.39, 0.29) is 0 Å². The molecule has 6 heteroatoms. The van der Waals surface area contributed by atoms with Gasteiger partial charge in [-0.2, -0.15) is 0 Å². The highest BCUT2D eigenvalue weighted by atomic mass is 32.1. The molecule has 0 unspecified atom stereocenters. The van der Waals surface area contributed by atoms with Crippen LogP contribution < -0.4 is 14.8 Å². The highest BCUT2D eigenvalue weighted by Gasteiger charge is 2.10. The molecule has 0 fully saturated rings. The molecule has 94 valence electrons. The molecule has 1 aliphatic rings.